The Morgan fingerprint density at radius 2 is 2.21 bits per heavy atom. The van der Waals surface area contributed by atoms with Gasteiger partial charge in [0, 0.05) is 25.9 Å². The van der Waals surface area contributed by atoms with E-state index in [0.29, 0.717) is 5.41 Å². The van der Waals surface area contributed by atoms with Gasteiger partial charge in [-0.15, -0.1) is 0 Å². The molecule has 0 radical (unpaired) electrons. The first-order chi connectivity index (χ1) is 9.22. The van der Waals surface area contributed by atoms with Crippen molar-refractivity contribution in [3.8, 4) is 0 Å². The molecule has 0 saturated heterocycles. The lowest BCUT2D eigenvalue weighted by molar-refractivity contribution is 0.245. The first-order valence-electron chi connectivity index (χ1n) is 6.52. The number of aliphatic hydroxyl groups is 1. The zero-order valence-corrected chi connectivity index (χ0v) is 12.2. The Bertz CT molecular complexity index is 579. The zero-order valence-electron chi connectivity index (χ0n) is 10.6. The summed E-state index contributed by atoms with van der Waals surface area (Å²) in [5.74, 6) is 0. The standard InChI is InChI=1S/C13H17BrN4O/c14-11-8-18-10(6-17-12(18)7-16-11)5-15-9-13(1-2-13)3-4-19/h6-8,15,19H,1-5,9H2. The van der Waals surface area contributed by atoms with E-state index in [9.17, 15) is 0 Å². The molecule has 0 unspecified atom stereocenters. The molecule has 6 heteroatoms. The van der Waals surface area contributed by atoms with Gasteiger partial charge in [0.1, 0.15) is 4.60 Å². The average Bonchev–Trinajstić information content (AvgIpc) is 3.04. The van der Waals surface area contributed by atoms with Crippen LogP contribution in [0.15, 0.2) is 23.2 Å². The molecule has 1 aliphatic rings. The molecule has 3 rings (SSSR count). The minimum Gasteiger partial charge on any atom is -0.396 e. The van der Waals surface area contributed by atoms with Crippen LogP contribution in [0.3, 0.4) is 0 Å². The Kier molecular flexibility index (Phi) is 3.56. The van der Waals surface area contributed by atoms with Crippen LogP contribution in [-0.4, -0.2) is 32.6 Å². The molecular weight excluding hydrogens is 308 g/mol. The summed E-state index contributed by atoms with van der Waals surface area (Å²) in [5, 5.41) is 12.5. The monoisotopic (exact) mass is 324 g/mol. The van der Waals surface area contributed by atoms with Crippen LogP contribution in [0.1, 0.15) is 25.0 Å². The number of imidazole rings is 1. The fourth-order valence-electron chi connectivity index (χ4n) is 2.43. The smallest absolute Gasteiger partial charge is 0.155 e. The van der Waals surface area contributed by atoms with E-state index in [1.807, 2.05) is 16.8 Å². The fraction of sp³-hybridized carbons (Fsp3) is 0.538. The molecule has 0 aromatic carbocycles. The topological polar surface area (TPSA) is 62.5 Å². The third-order valence-electron chi connectivity index (χ3n) is 3.85. The minimum atomic E-state index is 0.288. The van der Waals surface area contributed by atoms with Crippen LogP contribution < -0.4 is 5.32 Å². The average molecular weight is 325 g/mol. The van der Waals surface area contributed by atoms with Crippen molar-refractivity contribution in [3.63, 3.8) is 0 Å². The second-order valence-corrected chi connectivity index (χ2v) is 6.08. The maximum Gasteiger partial charge on any atom is 0.155 e. The molecule has 0 atom stereocenters. The van der Waals surface area contributed by atoms with E-state index in [2.05, 4.69) is 31.2 Å². The zero-order chi connectivity index (χ0) is 13.3. The molecule has 2 N–H and O–H groups in total. The Balaban J connectivity index is 1.64. The van der Waals surface area contributed by atoms with Crippen molar-refractivity contribution >= 4 is 21.6 Å². The lowest BCUT2D eigenvalue weighted by atomic mass is 10.0. The molecule has 19 heavy (non-hydrogen) atoms. The minimum absolute atomic E-state index is 0.288. The molecule has 0 spiro atoms. The highest BCUT2D eigenvalue weighted by molar-refractivity contribution is 9.10. The van der Waals surface area contributed by atoms with Gasteiger partial charge in [0.2, 0.25) is 0 Å². The van der Waals surface area contributed by atoms with Gasteiger partial charge in [0.15, 0.2) is 5.65 Å². The van der Waals surface area contributed by atoms with Crippen molar-refractivity contribution in [2.45, 2.75) is 25.8 Å². The van der Waals surface area contributed by atoms with E-state index in [-0.39, 0.29) is 6.61 Å². The normalized spacial score (nSPS) is 16.9. The van der Waals surface area contributed by atoms with Crippen LogP contribution in [-0.2, 0) is 6.54 Å². The van der Waals surface area contributed by atoms with E-state index in [1.165, 1.54) is 12.8 Å². The number of fused-ring (bicyclic) bond motifs is 1. The highest BCUT2D eigenvalue weighted by atomic mass is 79.9. The predicted octanol–water partition coefficient (Wildman–Crippen LogP) is 1.74. The summed E-state index contributed by atoms with van der Waals surface area (Å²) in [4.78, 5) is 8.49. The van der Waals surface area contributed by atoms with Gasteiger partial charge in [-0.2, -0.15) is 0 Å². The highest BCUT2D eigenvalue weighted by Crippen LogP contribution is 2.47. The quantitative estimate of drug-likeness (QED) is 0.849. The van der Waals surface area contributed by atoms with E-state index in [0.717, 1.165) is 35.5 Å². The summed E-state index contributed by atoms with van der Waals surface area (Å²) in [6.45, 7) is 2.04. The maximum absolute atomic E-state index is 9.04. The van der Waals surface area contributed by atoms with Gasteiger partial charge in [-0.1, -0.05) is 0 Å². The van der Waals surface area contributed by atoms with Crippen molar-refractivity contribution in [3.05, 3.63) is 28.9 Å². The molecule has 2 heterocycles. The van der Waals surface area contributed by atoms with Gasteiger partial charge in [-0.3, -0.25) is 4.40 Å². The summed E-state index contributed by atoms with van der Waals surface area (Å²) in [6, 6.07) is 0. The van der Waals surface area contributed by atoms with Gasteiger partial charge >= 0.3 is 0 Å². The van der Waals surface area contributed by atoms with E-state index >= 15 is 0 Å². The van der Waals surface area contributed by atoms with Crippen molar-refractivity contribution in [2.75, 3.05) is 13.2 Å². The number of aliphatic hydroxyl groups excluding tert-OH is 1. The first kappa shape index (κ1) is 13.0. The molecule has 0 bridgehead atoms. The predicted molar refractivity (Wildman–Crippen MR) is 75.8 cm³/mol. The van der Waals surface area contributed by atoms with Crippen molar-refractivity contribution in [1.29, 1.82) is 0 Å². The summed E-state index contributed by atoms with van der Waals surface area (Å²) < 4.78 is 2.84. The molecule has 2 aromatic heterocycles. The number of nitrogens with one attached hydrogen (secondary N) is 1. The fourth-order valence-corrected chi connectivity index (χ4v) is 2.74. The Labute approximate surface area is 120 Å². The van der Waals surface area contributed by atoms with E-state index < -0.39 is 0 Å². The highest BCUT2D eigenvalue weighted by Gasteiger charge is 2.41. The Morgan fingerprint density at radius 3 is 2.95 bits per heavy atom. The molecule has 2 aromatic rings. The molecule has 1 fully saturated rings. The van der Waals surface area contributed by atoms with Crippen LogP contribution in [0.25, 0.3) is 5.65 Å². The van der Waals surface area contributed by atoms with Gasteiger partial charge in [-0.05, 0) is 40.6 Å². The number of nitrogens with zero attached hydrogens (tertiary/aromatic N) is 3. The van der Waals surface area contributed by atoms with Crippen molar-refractivity contribution in [1.82, 2.24) is 19.7 Å². The number of aromatic nitrogens is 3. The van der Waals surface area contributed by atoms with Crippen LogP contribution in [0, 0.1) is 5.41 Å². The van der Waals surface area contributed by atoms with Gasteiger partial charge < -0.3 is 10.4 Å². The van der Waals surface area contributed by atoms with Crippen LogP contribution in [0.4, 0.5) is 0 Å². The van der Waals surface area contributed by atoms with Crippen molar-refractivity contribution in [2.24, 2.45) is 5.41 Å². The molecule has 102 valence electrons. The van der Waals surface area contributed by atoms with Gasteiger partial charge in [0.25, 0.3) is 0 Å². The van der Waals surface area contributed by atoms with Crippen LogP contribution in [0.5, 0.6) is 0 Å². The number of hydrogen-bond donors (Lipinski definition) is 2. The lowest BCUT2D eigenvalue weighted by Gasteiger charge is -2.14. The lowest BCUT2D eigenvalue weighted by Crippen LogP contribution is -2.24. The van der Waals surface area contributed by atoms with E-state index in [1.54, 1.807) is 6.20 Å². The molecular formula is C13H17BrN4O. The maximum atomic E-state index is 9.04. The first-order valence-corrected chi connectivity index (χ1v) is 7.31. The van der Waals surface area contributed by atoms with Gasteiger partial charge in [-0.25, -0.2) is 9.97 Å². The molecule has 1 saturated carbocycles. The third kappa shape index (κ3) is 2.80. The number of halogens is 1. The Hall–Kier alpha value is -0.980. The van der Waals surface area contributed by atoms with Crippen LogP contribution >= 0.6 is 15.9 Å². The molecule has 1 aliphatic carbocycles. The molecule has 0 aliphatic heterocycles. The number of rotatable bonds is 6. The summed E-state index contributed by atoms with van der Waals surface area (Å²) in [5.41, 5.74) is 2.33. The number of hydrogen-bond acceptors (Lipinski definition) is 4. The molecule has 0 amide bonds. The van der Waals surface area contributed by atoms with E-state index in [4.69, 9.17) is 5.11 Å². The second kappa shape index (κ2) is 5.19. The summed E-state index contributed by atoms with van der Waals surface area (Å²) in [7, 11) is 0. The summed E-state index contributed by atoms with van der Waals surface area (Å²) >= 11 is 3.37. The van der Waals surface area contributed by atoms with Crippen LogP contribution in [0.2, 0.25) is 0 Å². The Morgan fingerprint density at radius 1 is 1.37 bits per heavy atom. The second-order valence-electron chi connectivity index (χ2n) is 5.26. The third-order valence-corrected chi connectivity index (χ3v) is 4.26. The largest absolute Gasteiger partial charge is 0.396 e. The summed E-state index contributed by atoms with van der Waals surface area (Å²) in [6.07, 6.45) is 8.92. The van der Waals surface area contributed by atoms with Crippen molar-refractivity contribution < 1.29 is 5.11 Å². The van der Waals surface area contributed by atoms with Gasteiger partial charge in [0.05, 0.1) is 18.1 Å². The molecule has 5 nitrogen and oxygen atoms in total. The SMILES string of the molecule is OCCC1(CNCc2cnc3cnc(Br)cn23)CC1.